The molecule has 210 valence electrons. The second kappa shape index (κ2) is 10.4. The molecule has 0 radical (unpaired) electrons. The zero-order chi connectivity index (χ0) is 28.9. The minimum atomic E-state index is -1.22. The molecule has 12 heteroatoms. The van der Waals surface area contributed by atoms with Crippen molar-refractivity contribution in [1.82, 2.24) is 14.9 Å². The zero-order valence-electron chi connectivity index (χ0n) is 21.7. The number of nitrogens with zero attached hydrogens (tertiary/aromatic N) is 1. The maximum atomic E-state index is 14.5. The first-order valence-corrected chi connectivity index (χ1v) is 12.6. The average Bonchev–Trinajstić information content (AvgIpc) is 3.32. The molecule has 3 unspecified atom stereocenters. The van der Waals surface area contributed by atoms with E-state index in [1.54, 1.807) is 13.8 Å². The number of hydrogen-bond donors (Lipinski definition) is 2. The van der Waals surface area contributed by atoms with Crippen LogP contribution in [0.15, 0.2) is 35.1 Å². The van der Waals surface area contributed by atoms with Gasteiger partial charge < -0.3 is 24.3 Å². The second-order valence-corrected chi connectivity index (χ2v) is 9.58. The van der Waals surface area contributed by atoms with Gasteiger partial charge in [-0.2, -0.15) is 0 Å². The Morgan fingerprint density at radius 1 is 1.00 bits per heavy atom. The van der Waals surface area contributed by atoms with Gasteiger partial charge in [0.1, 0.15) is 11.8 Å². The summed E-state index contributed by atoms with van der Waals surface area (Å²) in [5.41, 5.74) is -0.107. The number of ether oxygens (including phenoxy) is 2. The molecule has 2 N–H and O–H groups in total. The van der Waals surface area contributed by atoms with E-state index in [-0.39, 0.29) is 58.3 Å². The van der Waals surface area contributed by atoms with Gasteiger partial charge in [0.2, 0.25) is 0 Å². The van der Waals surface area contributed by atoms with Crippen LogP contribution in [0, 0.1) is 29.2 Å². The first-order valence-electron chi connectivity index (χ1n) is 12.6. The second-order valence-electron chi connectivity index (χ2n) is 9.58. The maximum absolute atomic E-state index is 14.5. The van der Waals surface area contributed by atoms with Crippen LogP contribution in [0.2, 0.25) is 0 Å². The molecule has 4 aromatic rings. The number of nitrogens with one attached hydrogen (secondary N) is 2. The quantitative estimate of drug-likeness (QED) is 0.255. The summed E-state index contributed by atoms with van der Waals surface area (Å²) < 4.78 is 67.3. The van der Waals surface area contributed by atoms with E-state index in [4.69, 9.17) is 9.47 Å². The molecule has 1 aliphatic rings. The van der Waals surface area contributed by atoms with E-state index in [1.807, 2.05) is 0 Å². The highest BCUT2D eigenvalue weighted by Crippen LogP contribution is 2.42. The van der Waals surface area contributed by atoms with E-state index in [9.17, 15) is 31.9 Å². The Labute approximate surface area is 224 Å². The van der Waals surface area contributed by atoms with Crippen LogP contribution in [-0.4, -0.2) is 47.0 Å². The normalized spacial score (nSPS) is 17.6. The third kappa shape index (κ3) is 4.51. The van der Waals surface area contributed by atoms with Gasteiger partial charge in [0.05, 0.1) is 36.3 Å². The first-order chi connectivity index (χ1) is 19.0. The van der Waals surface area contributed by atoms with Gasteiger partial charge in [-0.3, -0.25) is 14.4 Å². The number of hydrogen-bond acceptors (Lipinski definition) is 5. The van der Waals surface area contributed by atoms with Crippen molar-refractivity contribution in [3.05, 3.63) is 80.9 Å². The van der Waals surface area contributed by atoms with Crippen LogP contribution in [-0.2, 0) is 14.3 Å². The smallest absolute Gasteiger partial charge is 0.311 e. The molecule has 1 amide bonds. The number of benzene rings is 2. The summed E-state index contributed by atoms with van der Waals surface area (Å²) in [5.74, 6) is -6.58. The molecule has 2 aromatic carbocycles. The molecule has 5 rings (SSSR count). The fourth-order valence-electron chi connectivity index (χ4n) is 5.25. The topological polar surface area (TPSA) is 104 Å². The van der Waals surface area contributed by atoms with E-state index in [0.29, 0.717) is 0 Å². The van der Waals surface area contributed by atoms with Gasteiger partial charge in [0.25, 0.3) is 11.5 Å². The van der Waals surface area contributed by atoms with Crippen LogP contribution in [0.3, 0.4) is 0 Å². The van der Waals surface area contributed by atoms with Crippen LogP contribution in [0.25, 0.3) is 21.7 Å². The Morgan fingerprint density at radius 2 is 1.65 bits per heavy atom. The van der Waals surface area contributed by atoms with Crippen molar-refractivity contribution in [2.24, 2.45) is 5.92 Å². The summed E-state index contributed by atoms with van der Waals surface area (Å²) in [6, 6.07) is 3.97. The molecule has 0 aliphatic carbocycles. The Balaban J connectivity index is 1.65. The van der Waals surface area contributed by atoms with E-state index in [1.165, 1.54) is 18.0 Å². The Bertz CT molecular complexity index is 1680. The number of amides is 1. The van der Waals surface area contributed by atoms with Crippen LogP contribution >= 0.6 is 0 Å². The van der Waals surface area contributed by atoms with Crippen LogP contribution in [0.5, 0.6) is 0 Å². The van der Waals surface area contributed by atoms with Gasteiger partial charge >= 0.3 is 5.97 Å². The van der Waals surface area contributed by atoms with Crippen LogP contribution in [0.1, 0.15) is 54.2 Å². The number of esters is 1. The largest absolute Gasteiger partial charge is 0.466 e. The molecule has 1 aliphatic heterocycles. The standard InChI is InChI=1S/C28H25F4N3O5/c1-4-13(28(38)39-5-2)25-24-23(14-8-17(30)18(31)9-15(14)26(36)34-24)22(11-40-25)35(3)27(37)21-7-12-6-16(29)19(32)10-20(12)33-21/h6-10,13,22,25,33H,4-5,11H2,1-3H3,(H,34,36). The van der Waals surface area contributed by atoms with Gasteiger partial charge in [0, 0.05) is 29.6 Å². The van der Waals surface area contributed by atoms with Crippen LogP contribution < -0.4 is 5.56 Å². The summed E-state index contributed by atoms with van der Waals surface area (Å²) in [4.78, 5) is 46.0. The number of aromatic nitrogens is 2. The molecule has 2 aromatic heterocycles. The van der Waals surface area contributed by atoms with E-state index < -0.39 is 58.8 Å². The predicted molar refractivity (Wildman–Crippen MR) is 137 cm³/mol. The monoisotopic (exact) mass is 559 g/mol. The maximum Gasteiger partial charge on any atom is 0.311 e. The number of fused-ring (bicyclic) bond motifs is 4. The first kappa shape index (κ1) is 27.4. The molecular weight excluding hydrogens is 534 g/mol. The van der Waals surface area contributed by atoms with Crippen molar-refractivity contribution in [1.29, 1.82) is 0 Å². The number of rotatable bonds is 6. The number of halogens is 4. The number of carbonyl (C=O) groups is 2. The van der Waals surface area contributed by atoms with E-state index in [0.717, 1.165) is 24.3 Å². The highest BCUT2D eigenvalue weighted by Gasteiger charge is 2.41. The highest BCUT2D eigenvalue weighted by molar-refractivity contribution is 5.98. The lowest BCUT2D eigenvalue weighted by Crippen LogP contribution is -2.41. The molecule has 3 heterocycles. The Morgan fingerprint density at radius 3 is 2.33 bits per heavy atom. The predicted octanol–water partition coefficient (Wildman–Crippen LogP) is 5.04. The molecule has 40 heavy (non-hydrogen) atoms. The minimum absolute atomic E-state index is 0.00934. The fraction of sp³-hybridized carbons (Fsp3) is 0.321. The third-order valence-electron chi connectivity index (χ3n) is 7.26. The highest BCUT2D eigenvalue weighted by atomic mass is 19.2. The van der Waals surface area contributed by atoms with Crippen molar-refractivity contribution in [2.75, 3.05) is 20.3 Å². The lowest BCUT2D eigenvalue weighted by Gasteiger charge is -2.39. The Kier molecular flexibility index (Phi) is 7.13. The molecule has 0 spiro atoms. The number of H-pyrrole nitrogens is 2. The molecule has 0 saturated heterocycles. The summed E-state index contributed by atoms with van der Waals surface area (Å²) in [5, 5.41) is 0.170. The number of pyridine rings is 1. The Hall–Kier alpha value is -4.19. The van der Waals surface area contributed by atoms with Gasteiger partial charge in [-0.15, -0.1) is 0 Å². The lowest BCUT2D eigenvalue weighted by atomic mass is 9.86. The molecule has 3 atom stereocenters. The summed E-state index contributed by atoms with van der Waals surface area (Å²) in [6.45, 7) is 3.34. The fourth-order valence-corrected chi connectivity index (χ4v) is 5.25. The van der Waals surface area contributed by atoms with Gasteiger partial charge in [-0.25, -0.2) is 17.6 Å². The molecule has 0 saturated carbocycles. The van der Waals surface area contributed by atoms with Crippen molar-refractivity contribution in [3.8, 4) is 0 Å². The van der Waals surface area contributed by atoms with Crippen molar-refractivity contribution >= 4 is 33.6 Å². The summed E-state index contributed by atoms with van der Waals surface area (Å²) >= 11 is 0. The van der Waals surface area contributed by atoms with Crippen molar-refractivity contribution in [2.45, 2.75) is 32.4 Å². The number of likely N-dealkylation sites (N-methyl/N-ethyl adjacent to an activating group) is 1. The number of aromatic amines is 2. The van der Waals surface area contributed by atoms with E-state index in [2.05, 4.69) is 9.97 Å². The van der Waals surface area contributed by atoms with Crippen molar-refractivity contribution in [3.63, 3.8) is 0 Å². The zero-order valence-corrected chi connectivity index (χ0v) is 21.7. The molecule has 0 fully saturated rings. The summed E-state index contributed by atoms with van der Waals surface area (Å²) in [7, 11) is 1.44. The van der Waals surface area contributed by atoms with Crippen LogP contribution in [0.4, 0.5) is 17.6 Å². The third-order valence-corrected chi connectivity index (χ3v) is 7.26. The average molecular weight is 560 g/mol. The molecule has 8 nitrogen and oxygen atoms in total. The lowest BCUT2D eigenvalue weighted by molar-refractivity contribution is -0.156. The van der Waals surface area contributed by atoms with E-state index >= 15 is 0 Å². The van der Waals surface area contributed by atoms with Gasteiger partial charge in [-0.1, -0.05) is 6.92 Å². The minimum Gasteiger partial charge on any atom is -0.466 e. The molecule has 0 bridgehead atoms. The van der Waals surface area contributed by atoms with Gasteiger partial charge in [-0.05, 0) is 43.0 Å². The van der Waals surface area contributed by atoms with Crippen molar-refractivity contribution < 1.29 is 36.6 Å². The summed E-state index contributed by atoms with van der Waals surface area (Å²) in [6.07, 6.45) is -0.717. The number of carbonyl (C=O) groups excluding carboxylic acids is 2. The van der Waals surface area contributed by atoms with Gasteiger partial charge in [0.15, 0.2) is 23.3 Å². The SMILES string of the molecule is CCOC(=O)C(CC)C1OCC(N(C)C(=O)c2cc3cc(F)c(F)cc3[nH]2)c2c1[nH]c(=O)c1cc(F)c(F)cc21. The molecular formula is C28H25F4N3O5.